The van der Waals surface area contributed by atoms with Gasteiger partial charge in [0.1, 0.15) is 5.75 Å². The lowest BCUT2D eigenvalue weighted by molar-refractivity contribution is -0.120. The fraction of sp³-hybridized carbons (Fsp3) is 0.391. The molecule has 0 saturated carbocycles. The van der Waals surface area contributed by atoms with Crippen LogP contribution < -0.4 is 15.4 Å². The van der Waals surface area contributed by atoms with E-state index in [1.807, 2.05) is 31.2 Å². The van der Waals surface area contributed by atoms with Gasteiger partial charge in [-0.15, -0.1) is 0 Å². The van der Waals surface area contributed by atoms with Crippen molar-refractivity contribution in [3.8, 4) is 5.75 Å². The first kappa shape index (κ1) is 25.4. The van der Waals surface area contributed by atoms with E-state index in [2.05, 4.69) is 10.6 Å². The maximum Gasteiger partial charge on any atom is 0.251 e. The third kappa shape index (κ3) is 7.35. The highest BCUT2D eigenvalue weighted by Crippen LogP contribution is 2.17. The van der Waals surface area contributed by atoms with Crippen LogP contribution in [-0.2, 0) is 14.8 Å². The summed E-state index contributed by atoms with van der Waals surface area (Å²) in [6.45, 7) is 6.85. The van der Waals surface area contributed by atoms with Crippen LogP contribution in [0.1, 0.15) is 36.2 Å². The van der Waals surface area contributed by atoms with Crippen LogP contribution in [0.2, 0.25) is 0 Å². The Bertz CT molecular complexity index is 1020. The van der Waals surface area contributed by atoms with Gasteiger partial charge in [-0.2, -0.15) is 4.31 Å². The number of ether oxygens (including phenoxy) is 1. The Balaban J connectivity index is 1.78. The SMILES string of the molecule is CCN(CC)S(=O)(=O)c1cccc(C(=O)NCC(=O)NCCCOc2cccc(C)c2)c1. The van der Waals surface area contributed by atoms with E-state index in [9.17, 15) is 18.0 Å². The highest BCUT2D eigenvalue weighted by atomic mass is 32.2. The summed E-state index contributed by atoms with van der Waals surface area (Å²) in [6, 6.07) is 13.5. The largest absolute Gasteiger partial charge is 0.494 e. The van der Waals surface area contributed by atoms with Crippen LogP contribution in [0.15, 0.2) is 53.4 Å². The molecule has 9 heteroatoms. The van der Waals surface area contributed by atoms with Gasteiger partial charge in [0.25, 0.3) is 5.91 Å². The lowest BCUT2D eigenvalue weighted by Crippen LogP contribution is -2.37. The predicted molar refractivity (Wildman–Crippen MR) is 123 cm³/mol. The summed E-state index contributed by atoms with van der Waals surface area (Å²) >= 11 is 0. The van der Waals surface area contributed by atoms with Crippen molar-refractivity contribution in [1.82, 2.24) is 14.9 Å². The van der Waals surface area contributed by atoms with Gasteiger partial charge in [-0.05, 0) is 49.2 Å². The molecule has 0 aliphatic rings. The van der Waals surface area contributed by atoms with Gasteiger partial charge < -0.3 is 15.4 Å². The Morgan fingerprint density at radius 3 is 2.41 bits per heavy atom. The summed E-state index contributed by atoms with van der Waals surface area (Å²) < 4.78 is 32.2. The summed E-state index contributed by atoms with van der Waals surface area (Å²) in [5.74, 6) is -0.0609. The first-order valence-corrected chi connectivity index (χ1v) is 12.1. The molecular formula is C23H31N3O5S. The summed E-state index contributed by atoms with van der Waals surface area (Å²) in [5, 5.41) is 5.23. The van der Waals surface area contributed by atoms with Gasteiger partial charge in [-0.25, -0.2) is 8.42 Å². The molecule has 174 valence electrons. The quantitative estimate of drug-likeness (QED) is 0.472. The smallest absolute Gasteiger partial charge is 0.251 e. The number of carbonyl (C=O) groups excluding carboxylic acids is 2. The van der Waals surface area contributed by atoms with E-state index in [1.165, 1.54) is 28.6 Å². The minimum atomic E-state index is -3.67. The molecule has 8 nitrogen and oxygen atoms in total. The highest BCUT2D eigenvalue weighted by Gasteiger charge is 2.22. The first-order valence-electron chi connectivity index (χ1n) is 10.6. The fourth-order valence-corrected chi connectivity index (χ4v) is 4.54. The number of aryl methyl sites for hydroxylation is 1. The van der Waals surface area contributed by atoms with Gasteiger partial charge in [-0.1, -0.05) is 32.0 Å². The van der Waals surface area contributed by atoms with Crippen molar-refractivity contribution in [3.05, 3.63) is 59.7 Å². The van der Waals surface area contributed by atoms with Crippen molar-refractivity contribution >= 4 is 21.8 Å². The number of hydrogen-bond donors (Lipinski definition) is 2. The second kappa shape index (κ2) is 12.2. The van der Waals surface area contributed by atoms with E-state index >= 15 is 0 Å². The van der Waals surface area contributed by atoms with Gasteiger partial charge >= 0.3 is 0 Å². The maximum absolute atomic E-state index is 12.6. The van der Waals surface area contributed by atoms with Crippen LogP contribution in [0.5, 0.6) is 5.75 Å². The predicted octanol–water partition coefficient (Wildman–Crippen LogP) is 2.34. The zero-order valence-electron chi connectivity index (χ0n) is 18.8. The molecule has 0 aliphatic carbocycles. The third-order valence-electron chi connectivity index (χ3n) is 4.75. The number of sulfonamides is 1. The second-order valence-corrected chi connectivity index (χ2v) is 9.11. The molecule has 0 fully saturated rings. The first-order chi connectivity index (χ1) is 15.3. The molecule has 32 heavy (non-hydrogen) atoms. The molecule has 2 aromatic carbocycles. The van der Waals surface area contributed by atoms with E-state index in [1.54, 1.807) is 13.8 Å². The van der Waals surface area contributed by atoms with Gasteiger partial charge in [0.15, 0.2) is 0 Å². The number of amides is 2. The van der Waals surface area contributed by atoms with E-state index in [-0.39, 0.29) is 22.9 Å². The third-order valence-corrected chi connectivity index (χ3v) is 6.80. The van der Waals surface area contributed by atoms with E-state index in [4.69, 9.17) is 4.74 Å². The molecule has 0 saturated heterocycles. The van der Waals surface area contributed by atoms with Gasteiger partial charge in [-0.3, -0.25) is 9.59 Å². The Morgan fingerprint density at radius 1 is 1.00 bits per heavy atom. The summed E-state index contributed by atoms with van der Waals surface area (Å²) in [5.41, 5.74) is 1.29. The summed E-state index contributed by atoms with van der Waals surface area (Å²) in [6.07, 6.45) is 0.624. The zero-order valence-corrected chi connectivity index (χ0v) is 19.6. The number of benzene rings is 2. The minimum Gasteiger partial charge on any atom is -0.494 e. The van der Waals surface area contributed by atoms with Crippen molar-refractivity contribution in [2.24, 2.45) is 0 Å². The Labute approximate surface area is 190 Å². The van der Waals surface area contributed by atoms with Crippen LogP contribution >= 0.6 is 0 Å². The topological polar surface area (TPSA) is 105 Å². The van der Waals surface area contributed by atoms with Crippen LogP contribution in [-0.4, -0.2) is 57.3 Å². The molecule has 2 aromatic rings. The number of rotatable bonds is 12. The van der Waals surface area contributed by atoms with Gasteiger partial charge in [0.2, 0.25) is 15.9 Å². The summed E-state index contributed by atoms with van der Waals surface area (Å²) in [4.78, 5) is 24.4. The lowest BCUT2D eigenvalue weighted by Gasteiger charge is -2.18. The van der Waals surface area contributed by atoms with Crippen LogP contribution in [0.4, 0.5) is 0 Å². The maximum atomic E-state index is 12.6. The van der Waals surface area contributed by atoms with Gasteiger partial charge in [0.05, 0.1) is 18.0 Å². The number of carbonyl (C=O) groups is 2. The van der Waals surface area contributed by atoms with E-state index in [0.29, 0.717) is 32.7 Å². The monoisotopic (exact) mass is 461 g/mol. The van der Waals surface area contributed by atoms with Crippen LogP contribution in [0.3, 0.4) is 0 Å². The molecule has 2 amide bonds. The highest BCUT2D eigenvalue weighted by molar-refractivity contribution is 7.89. The van der Waals surface area contributed by atoms with Crippen molar-refractivity contribution in [2.45, 2.75) is 32.1 Å². The van der Waals surface area contributed by atoms with Crippen LogP contribution in [0, 0.1) is 6.92 Å². The average molecular weight is 462 g/mol. The molecule has 2 N–H and O–H groups in total. The molecule has 0 unspecified atom stereocenters. The van der Waals surface area contributed by atoms with Crippen molar-refractivity contribution < 1.29 is 22.7 Å². The Hall–Kier alpha value is -2.91. The molecule has 0 heterocycles. The number of nitrogens with zero attached hydrogens (tertiary/aromatic N) is 1. The minimum absolute atomic E-state index is 0.0481. The van der Waals surface area contributed by atoms with E-state index in [0.717, 1.165) is 11.3 Å². The van der Waals surface area contributed by atoms with Crippen molar-refractivity contribution in [2.75, 3.05) is 32.8 Å². The zero-order chi connectivity index (χ0) is 23.6. The second-order valence-electron chi connectivity index (χ2n) is 7.17. The van der Waals surface area contributed by atoms with Crippen LogP contribution in [0.25, 0.3) is 0 Å². The Morgan fingerprint density at radius 2 is 1.72 bits per heavy atom. The Kier molecular flexibility index (Phi) is 9.67. The molecule has 2 rings (SSSR count). The van der Waals surface area contributed by atoms with Gasteiger partial charge in [0, 0.05) is 25.2 Å². The van der Waals surface area contributed by atoms with Crippen molar-refractivity contribution in [1.29, 1.82) is 0 Å². The molecule has 0 radical (unpaired) electrons. The molecule has 0 aromatic heterocycles. The number of nitrogens with one attached hydrogen (secondary N) is 2. The molecule has 0 bridgehead atoms. The molecular weight excluding hydrogens is 430 g/mol. The fourth-order valence-electron chi connectivity index (χ4n) is 3.03. The molecule has 0 atom stereocenters. The lowest BCUT2D eigenvalue weighted by atomic mass is 10.2. The van der Waals surface area contributed by atoms with E-state index < -0.39 is 15.9 Å². The average Bonchev–Trinajstić information content (AvgIpc) is 2.78. The van der Waals surface area contributed by atoms with Crippen molar-refractivity contribution in [3.63, 3.8) is 0 Å². The molecule has 0 spiro atoms. The normalized spacial score (nSPS) is 11.2. The number of hydrogen-bond acceptors (Lipinski definition) is 5. The summed E-state index contributed by atoms with van der Waals surface area (Å²) in [7, 11) is -3.67. The standard InChI is InChI=1S/C23H31N3O5S/c1-4-26(5-2)32(29,30)21-12-7-10-19(16-21)23(28)25-17-22(27)24-13-8-14-31-20-11-6-9-18(3)15-20/h6-7,9-12,15-16H,4-5,8,13-14,17H2,1-3H3,(H,24,27)(H,25,28). The molecule has 0 aliphatic heterocycles.